The van der Waals surface area contributed by atoms with Crippen molar-refractivity contribution in [2.24, 2.45) is 4.99 Å². The molecule has 132 valence electrons. The molecule has 0 amide bonds. The van der Waals surface area contributed by atoms with Gasteiger partial charge in [-0.05, 0) is 25.5 Å². The minimum atomic E-state index is -3.03. The summed E-state index contributed by atoms with van der Waals surface area (Å²) in [6, 6.07) is 3.80. The quantitative estimate of drug-likeness (QED) is 0.364. The molecule has 1 aromatic rings. The van der Waals surface area contributed by atoms with E-state index in [1.54, 1.807) is 6.26 Å². The zero-order valence-corrected chi connectivity index (χ0v) is 16.5. The Kier molecular flexibility index (Phi) is 8.92. The van der Waals surface area contributed by atoms with Crippen LogP contribution in [0.1, 0.15) is 19.1 Å². The van der Waals surface area contributed by atoms with E-state index in [4.69, 9.17) is 4.42 Å². The van der Waals surface area contributed by atoms with Crippen molar-refractivity contribution in [3.05, 3.63) is 24.2 Å². The number of furan rings is 1. The molecular weight excluding hydrogens is 431 g/mol. The average molecular weight is 456 g/mol. The molecule has 1 aliphatic rings. The maximum absolute atomic E-state index is 11.7. The first-order chi connectivity index (χ1) is 10.6. The largest absolute Gasteiger partial charge is 0.469 e. The summed E-state index contributed by atoms with van der Waals surface area (Å²) in [5, 5.41) is 6.37. The summed E-state index contributed by atoms with van der Waals surface area (Å²) in [5.74, 6) is 1.88. The second-order valence-electron chi connectivity index (χ2n) is 5.09. The van der Waals surface area contributed by atoms with Gasteiger partial charge in [-0.25, -0.2) is 12.7 Å². The molecule has 1 aliphatic heterocycles. The van der Waals surface area contributed by atoms with Crippen molar-refractivity contribution in [1.29, 1.82) is 0 Å². The van der Waals surface area contributed by atoms with Gasteiger partial charge in [-0.3, -0.25) is 4.99 Å². The van der Waals surface area contributed by atoms with Crippen LogP contribution in [-0.2, 0) is 16.4 Å². The Morgan fingerprint density at radius 3 is 2.87 bits per heavy atom. The third-order valence-electron chi connectivity index (χ3n) is 3.41. The van der Waals surface area contributed by atoms with Crippen molar-refractivity contribution in [2.45, 2.75) is 19.8 Å². The lowest BCUT2D eigenvalue weighted by Gasteiger charge is -2.14. The Morgan fingerprint density at radius 2 is 2.26 bits per heavy atom. The van der Waals surface area contributed by atoms with Gasteiger partial charge in [0.15, 0.2) is 5.96 Å². The zero-order chi connectivity index (χ0) is 15.8. The van der Waals surface area contributed by atoms with E-state index in [1.807, 2.05) is 19.1 Å². The van der Waals surface area contributed by atoms with E-state index in [1.165, 1.54) is 4.31 Å². The summed E-state index contributed by atoms with van der Waals surface area (Å²) in [5.41, 5.74) is 0. The highest BCUT2D eigenvalue weighted by Gasteiger charge is 2.27. The Bertz CT molecular complexity index is 575. The van der Waals surface area contributed by atoms with Gasteiger partial charge in [0, 0.05) is 32.6 Å². The standard InChI is InChI=1S/C14H24N4O3S.HI/c1-2-15-14(16-7-6-13-5-3-11-21-13)17-8-10-18-9-4-12-22(18,19)20;/h3,5,11H,2,4,6-10,12H2,1H3,(H2,15,16,17);1H. The maximum Gasteiger partial charge on any atom is 0.214 e. The van der Waals surface area contributed by atoms with E-state index in [9.17, 15) is 8.42 Å². The van der Waals surface area contributed by atoms with Crippen LogP contribution in [0.2, 0.25) is 0 Å². The molecule has 9 heteroatoms. The highest BCUT2D eigenvalue weighted by molar-refractivity contribution is 14.0. The fourth-order valence-electron chi connectivity index (χ4n) is 2.32. The smallest absolute Gasteiger partial charge is 0.214 e. The second kappa shape index (κ2) is 10.1. The van der Waals surface area contributed by atoms with Gasteiger partial charge in [0.2, 0.25) is 10.0 Å². The molecule has 0 radical (unpaired) electrons. The van der Waals surface area contributed by atoms with E-state index < -0.39 is 10.0 Å². The fourth-order valence-corrected chi connectivity index (χ4v) is 3.84. The number of guanidine groups is 1. The third kappa shape index (κ3) is 6.68. The Labute approximate surface area is 155 Å². The van der Waals surface area contributed by atoms with E-state index >= 15 is 0 Å². The molecule has 0 saturated carbocycles. The lowest BCUT2D eigenvalue weighted by Crippen LogP contribution is -2.39. The van der Waals surface area contributed by atoms with Crippen LogP contribution in [0.3, 0.4) is 0 Å². The lowest BCUT2D eigenvalue weighted by molar-refractivity contribution is 0.452. The zero-order valence-electron chi connectivity index (χ0n) is 13.3. The molecule has 7 nitrogen and oxygen atoms in total. The van der Waals surface area contributed by atoms with Crippen molar-refractivity contribution in [3.8, 4) is 0 Å². The van der Waals surface area contributed by atoms with Crippen LogP contribution in [-0.4, -0.2) is 57.2 Å². The lowest BCUT2D eigenvalue weighted by atomic mass is 10.3. The molecule has 0 spiro atoms. The maximum atomic E-state index is 11.7. The monoisotopic (exact) mass is 456 g/mol. The minimum Gasteiger partial charge on any atom is -0.469 e. The van der Waals surface area contributed by atoms with Crippen LogP contribution in [0.15, 0.2) is 27.8 Å². The second-order valence-corrected chi connectivity index (χ2v) is 7.17. The predicted molar refractivity (Wildman–Crippen MR) is 102 cm³/mol. The number of hydrogen-bond donors (Lipinski definition) is 2. The summed E-state index contributed by atoms with van der Waals surface area (Å²) in [4.78, 5) is 4.42. The van der Waals surface area contributed by atoms with E-state index in [2.05, 4.69) is 15.6 Å². The van der Waals surface area contributed by atoms with Gasteiger partial charge in [0.05, 0.1) is 18.6 Å². The topological polar surface area (TPSA) is 86.9 Å². The Balaban J connectivity index is 0.00000264. The molecule has 1 fully saturated rings. The molecule has 2 heterocycles. The average Bonchev–Trinajstić information content (AvgIpc) is 3.09. The van der Waals surface area contributed by atoms with E-state index in [0.29, 0.717) is 38.6 Å². The molecule has 0 bridgehead atoms. The minimum absolute atomic E-state index is 0. The van der Waals surface area contributed by atoms with E-state index in [-0.39, 0.29) is 29.7 Å². The predicted octanol–water partition coefficient (Wildman–Crippen LogP) is 1.03. The number of aliphatic imine (C=N–C) groups is 1. The first-order valence-electron chi connectivity index (χ1n) is 7.64. The molecule has 1 saturated heterocycles. The number of nitrogens with zero attached hydrogens (tertiary/aromatic N) is 2. The number of halogens is 1. The van der Waals surface area contributed by atoms with Crippen molar-refractivity contribution in [3.63, 3.8) is 0 Å². The SMILES string of the molecule is CCNC(=NCCN1CCCS1(=O)=O)NCCc1ccco1.I. The first-order valence-corrected chi connectivity index (χ1v) is 9.25. The summed E-state index contributed by atoms with van der Waals surface area (Å²) in [6.45, 7) is 4.97. The van der Waals surface area contributed by atoms with Crippen LogP contribution in [0, 0.1) is 0 Å². The molecular formula is C14H25IN4O3S. The molecule has 23 heavy (non-hydrogen) atoms. The first kappa shape index (κ1) is 20.2. The summed E-state index contributed by atoms with van der Waals surface area (Å²) in [6.07, 6.45) is 3.15. The summed E-state index contributed by atoms with van der Waals surface area (Å²) >= 11 is 0. The van der Waals surface area contributed by atoms with Gasteiger partial charge < -0.3 is 15.1 Å². The summed E-state index contributed by atoms with van der Waals surface area (Å²) < 4.78 is 30.2. The Hall–Kier alpha value is -0.810. The highest BCUT2D eigenvalue weighted by atomic mass is 127. The van der Waals surface area contributed by atoms with Gasteiger partial charge >= 0.3 is 0 Å². The van der Waals surface area contributed by atoms with Gasteiger partial charge in [-0.1, -0.05) is 0 Å². The van der Waals surface area contributed by atoms with Crippen LogP contribution < -0.4 is 10.6 Å². The number of rotatable bonds is 7. The fraction of sp³-hybridized carbons (Fsp3) is 0.643. The number of hydrogen-bond acceptors (Lipinski definition) is 4. The van der Waals surface area contributed by atoms with Crippen LogP contribution in [0.5, 0.6) is 0 Å². The van der Waals surface area contributed by atoms with Crippen LogP contribution >= 0.6 is 24.0 Å². The van der Waals surface area contributed by atoms with Gasteiger partial charge in [-0.2, -0.15) is 0 Å². The molecule has 1 aromatic heterocycles. The molecule has 0 atom stereocenters. The van der Waals surface area contributed by atoms with Gasteiger partial charge in [0.25, 0.3) is 0 Å². The van der Waals surface area contributed by atoms with Crippen molar-refractivity contribution in [1.82, 2.24) is 14.9 Å². The molecule has 0 aliphatic carbocycles. The van der Waals surface area contributed by atoms with Gasteiger partial charge in [0.1, 0.15) is 5.76 Å². The Morgan fingerprint density at radius 1 is 1.43 bits per heavy atom. The molecule has 0 unspecified atom stereocenters. The number of sulfonamides is 1. The molecule has 2 N–H and O–H groups in total. The molecule has 0 aromatic carbocycles. The van der Waals surface area contributed by atoms with Gasteiger partial charge in [-0.15, -0.1) is 24.0 Å². The number of nitrogens with one attached hydrogen (secondary N) is 2. The highest BCUT2D eigenvalue weighted by Crippen LogP contribution is 2.12. The van der Waals surface area contributed by atoms with Crippen LogP contribution in [0.25, 0.3) is 0 Å². The molecule has 2 rings (SSSR count). The van der Waals surface area contributed by atoms with Crippen molar-refractivity contribution in [2.75, 3.05) is 38.5 Å². The van der Waals surface area contributed by atoms with E-state index in [0.717, 1.165) is 18.7 Å². The van der Waals surface area contributed by atoms with Crippen molar-refractivity contribution < 1.29 is 12.8 Å². The third-order valence-corrected chi connectivity index (χ3v) is 5.37. The van der Waals surface area contributed by atoms with Crippen LogP contribution in [0.4, 0.5) is 0 Å². The normalized spacial score (nSPS) is 17.7. The summed E-state index contributed by atoms with van der Waals surface area (Å²) in [7, 11) is -3.03. The van der Waals surface area contributed by atoms with Crippen molar-refractivity contribution >= 4 is 40.0 Å².